The van der Waals surface area contributed by atoms with Crippen molar-refractivity contribution >= 4 is 0 Å². The molecule has 0 radical (unpaired) electrons. The Bertz CT molecular complexity index is 113. The molecule has 0 aromatic rings. The van der Waals surface area contributed by atoms with E-state index >= 15 is 0 Å². The fourth-order valence-electron chi connectivity index (χ4n) is 1.48. The lowest BCUT2D eigenvalue weighted by atomic mass is 10.1. The summed E-state index contributed by atoms with van der Waals surface area (Å²) in [5.41, 5.74) is 5.82. The van der Waals surface area contributed by atoms with Gasteiger partial charge in [-0.05, 0) is 33.2 Å². The van der Waals surface area contributed by atoms with Crippen LogP contribution < -0.4 is 5.73 Å². The van der Waals surface area contributed by atoms with Crippen molar-refractivity contribution in [2.45, 2.75) is 59.0 Å². The molecule has 2 N–H and O–H groups in total. The summed E-state index contributed by atoms with van der Waals surface area (Å²) in [6, 6.07) is 0.975. The van der Waals surface area contributed by atoms with Gasteiger partial charge in [-0.25, -0.2) is 0 Å². The van der Waals surface area contributed by atoms with Gasteiger partial charge >= 0.3 is 0 Å². The third-order valence-electron chi connectivity index (χ3n) is 2.54. The van der Waals surface area contributed by atoms with E-state index in [0.717, 1.165) is 6.54 Å². The Morgan fingerprint density at radius 3 is 2.23 bits per heavy atom. The van der Waals surface area contributed by atoms with Crippen molar-refractivity contribution in [3.63, 3.8) is 0 Å². The van der Waals surface area contributed by atoms with Gasteiger partial charge in [0.2, 0.25) is 0 Å². The quantitative estimate of drug-likeness (QED) is 0.660. The van der Waals surface area contributed by atoms with Crippen LogP contribution in [0.4, 0.5) is 0 Å². The van der Waals surface area contributed by atoms with E-state index in [1.54, 1.807) is 0 Å². The van der Waals surface area contributed by atoms with Crippen LogP contribution in [-0.2, 0) is 0 Å². The van der Waals surface area contributed by atoms with Gasteiger partial charge in [-0.1, -0.05) is 20.3 Å². The van der Waals surface area contributed by atoms with E-state index in [1.807, 2.05) is 0 Å². The van der Waals surface area contributed by atoms with Gasteiger partial charge in [-0.2, -0.15) is 0 Å². The van der Waals surface area contributed by atoms with Crippen LogP contribution >= 0.6 is 0 Å². The lowest BCUT2D eigenvalue weighted by Crippen LogP contribution is -2.41. The molecular weight excluding hydrogens is 160 g/mol. The van der Waals surface area contributed by atoms with Gasteiger partial charge < -0.3 is 5.73 Å². The summed E-state index contributed by atoms with van der Waals surface area (Å²) in [7, 11) is 0. The Labute approximate surface area is 83.5 Å². The minimum absolute atomic E-state index is 0.297. The number of unbranched alkanes of at least 4 members (excludes halogenated alkanes) is 1. The van der Waals surface area contributed by atoms with Crippen LogP contribution in [-0.4, -0.2) is 30.1 Å². The van der Waals surface area contributed by atoms with Crippen molar-refractivity contribution in [2.24, 2.45) is 5.73 Å². The van der Waals surface area contributed by atoms with Crippen LogP contribution in [0.3, 0.4) is 0 Å². The summed E-state index contributed by atoms with van der Waals surface area (Å²) >= 11 is 0. The SMILES string of the molecule is CCCCN(C[C@H](C)N)C(C)CC. The fourth-order valence-corrected chi connectivity index (χ4v) is 1.48. The van der Waals surface area contributed by atoms with Crippen molar-refractivity contribution < 1.29 is 0 Å². The summed E-state index contributed by atoms with van der Waals surface area (Å²) in [5.74, 6) is 0. The molecule has 1 unspecified atom stereocenters. The van der Waals surface area contributed by atoms with Crippen LogP contribution in [0.25, 0.3) is 0 Å². The van der Waals surface area contributed by atoms with E-state index in [-0.39, 0.29) is 0 Å². The molecule has 13 heavy (non-hydrogen) atoms. The molecule has 80 valence electrons. The first-order valence-corrected chi connectivity index (χ1v) is 5.61. The highest BCUT2D eigenvalue weighted by Crippen LogP contribution is 2.05. The van der Waals surface area contributed by atoms with Crippen molar-refractivity contribution in [1.29, 1.82) is 0 Å². The molecule has 0 aliphatic carbocycles. The molecule has 2 heteroatoms. The van der Waals surface area contributed by atoms with E-state index in [1.165, 1.54) is 25.8 Å². The number of rotatable bonds is 7. The van der Waals surface area contributed by atoms with Gasteiger partial charge in [0, 0.05) is 18.6 Å². The minimum Gasteiger partial charge on any atom is -0.327 e. The van der Waals surface area contributed by atoms with E-state index in [4.69, 9.17) is 5.73 Å². The number of hydrogen-bond donors (Lipinski definition) is 1. The summed E-state index contributed by atoms with van der Waals surface area (Å²) in [5, 5.41) is 0. The van der Waals surface area contributed by atoms with Crippen LogP contribution in [0.15, 0.2) is 0 Å². The normalized spacial score (nSPS) is 16.2. The smallest absolute Gasteiger partial charge is 0.0139 e. The maximum atomic E-state index is 5.82. The second-order valence-electron chi connectivity index (χ2n) is 4.08. The van der Waals surface area contributed by atoms with Crippen LogP contribution in [0, 0.1) is 0 Å². The van der Waals surface area contributed by atoms with Crippen molar-refractivity contribution in [3.8, 4) is 0 Å². The molecule has 0 aliphatic heterocycles. The Balaban J connectivity index is 3.87. The van der Waals surface area contributed by atoms with Gasteiger partial charge in [-0.3, -0.25) is 4.90 Å². The molecule has 0 amide bonds. The Morgan fingerprint density at radius 2 is 1.85 bits per heavy atom. The van der Waals surface area contributed by atoms with Gasteiger partial charge in [-0.15, -0.1) is 0 Å². The van der Waals surface area contributed by atoms with Gasteiger partial charge in [0.15, 0.2) is 0 Å². The predicted molar refractivity (Wildman–Crippen MR) is 59.9 cm³/mol. The number of nitrogens with zero attached hydrogens (tertiary/aromatic N) is 1. The second-order valence-corrected chi connectivity index (χ2v) is 4.08. The molecule has 0 saturated heterocycles. The lowest BCUT2D eigenvalue weighted by Gasteiger charge is -2.29. The molecule has 0 aromatic heterocycles. The summed E-state index contributed by atoms with van der Waals surface area (Å²) in [4.78, 5) is 2.51. The highest BCUT2D eigenvalue weighted by Gasteiger charge is 2.12. The van der Waals surface area contributed by atoms with Gasteiger partial charge in [0.1, 0.15) is 0 Å². The van der Waals surface area contributed by atoms with E-state index < -0.39 is 0 Å². The molecule has 0 aliphatic rings. The molecule has 0 rings (SSSR count). The molecule has 2 atom stereocenters. The Hall–Kier alpha value is -0.0800. The summed E-state index contributed by atoms with van der Waals surface area (Å²) in [6.07, 6.45) is 3.78. The molecule has 0 spiro atoms. The standard InChI is InChI=1S/C11H26N2/c1-5-7-8-13(9-10(3)12)11(4)6-2/h10-11H,5-9,12H2,1-4H3/t10-,11?/m0/s1. The molecule has 2 nitrogen and oxygen atoms in total. The van der Waals surface area contributed by atoms with Gasteiger partial charge in [0.05, 0.1) is 0 Å². The van der Waals surface area contributed by atoms with Crippen LogP contribution in [0.2, 0.25) is 0 Å². The number of nitrogens with two attached hydrogens (primary N) is 1. The highest BCUT2D eigenvalue weighted by atomic mass is 15.2. The summed E-state index contributed by atoms with van der Waals surface area (Å²) in [6.45, 7) is 11.1. The average Bonchev–Trinajstić information content (AvgIpc) is 2.10. The first-order valence-electron chi connectivity index (χ1n) is 5.61. The van der Waals surface area contributed by atoms with E-state index in [0.29, 0.717) is 12.1 Å². The largest absolute Gasteiger partial charge is 0.327 e. The third-order valence-corrected chi connectivity index (χ3v) is 2.54. The van der Waals surface area contributed by atoms with Crippen LogP contribution in [0.1, 0.15) is 47.0 Å². The summed E-state index contributed by atoms with van der Waals surface area (Å²) < 4.78 is 0. The zero-order chi connectivity index (χ0) is 10.3. The average molecular weight is 186 g/mol. The molecule has 0 fully saturated rings. The van der Waals surface area contributed by atoms with E-state index in [9.17, 15) is 0 Å². The topological polar surface area (TPSA) is 29.3 Å². The maximum Gasteiger partial charge on any atom is 0.0139 e. The molecule has 0 bridgehead atoms. The van der Waals surface area contributed by atoms with E-state index in [2.05, 4.69) is 32.6 Å². The van der Waals surface area contributed by atoms with Gasteiger partial charge in [0.25, 0.3) is 0 Å². The zero-order valence-electron chi connectivity index (χ0n) is 9.71. The molecule has 0 aromatic carbocycles. The number of hydrogen-bond acceptors (Lipinski definition) is 2. The molecule has 0 saturated carbocycles. The highest BCUT2D eigenvalue weighted by molar-refractivity contribution is 4.69. The molecule has 0 heterocycles. The minimum atomic E-state index is 0.297. The first-order chi connectivity index (χ1) is 6.11. The monoisotopic (exact) mass is 186 g/mol. The third kappa shape index (κ3) is 6.05. The Kier molecular flexibility index (Phi) is 7.29. The Morgan fingerprint density at radius 1 is 1.23 bits per heavy atom. The van der Waals surface area contributed by atoms with Crippen LogP contribution in [0.5, 0.6) is 0 Å². The van der Waals surface area contributed by atoms with Crippen molar-refractivity contribution in [3.05, 3.63) is 0 Å². The predicted octanol–water partition coefficient (Wildman–Crippen LogP) is 2.23. The molecular formula is C11H26N2. The fraction of sp³-hybridized carbons (Fsp3) is 1.00. The van der Waals surface area contributed by atoms with Crippen molar-refractivity contribution in [2.75, 3.05) is 13.1 Å². The maximum absolute atomic E-state index is 5.82. The first kappa shape index (κ1) is 12.9. The second kappa shape index (κ2) is 7.34. The lowest BCUT2D eigenvalue weighted by molar-refractivity contribution is 0.192. The van der Waals surface area contributed by atoms with Crippen molar-refractivity contribution in [1.82, 2.24) is 4.90 Å². The zero-order valence-corrected chi connectivity index (χ0v) is 9.71.